The zero-order chi connectivity index (χ0) is 34.6. The molecule has 7 N–H and O–H groups in total. The average Bonchev–Trinajstić information content (AvgIpc) is 3.56. The van der Waals surface area contributed by atoms with Crippen LogP contribution in [0.4, 0.5) is 0 Å². The molecule has 4 amide bonds. The number of likely N-dealkylation sites (tertiary alicyclic amines) is 1. The summed E-state index contributed by atoms with van der Waals surface area (Å²) < 4.78 is 0. The van der Waals surface area contributed by atoms with Crippen LogP contribution in [0.3, 0.4) is 0 Å². The first-order chi connectivity index (χ1) is 23.9. The van der Waals surface area contributed by atoms with Crippen LogP contribution < -0.4 is 21.7 Å². The maximum Gasteiger partial charge on any atom is 0.251 e. The predicted molar refractivity (Wildman–Crippen MR) is 199 cm³/mol. The molecule has 0 spiro atoms. The van der Waals surface area contributed by atoms with E-state index in [0.717, 1.165) is 29.3 Å². The van der Waals surface area contributed by atoms with Crippen molar-refractivity contribution >= 4 is 48.0 Å². The third kappa shape index (κ3) is 9.96. The van der Waals surface area contributed by atoms with E-state index in [1.54, 1.807) is 30.3 Å². The average molecular weight is 701 g/mol. The molecule has 1 saturated heterocycles. The fourth-order valence-electron chi connectivity index (χ4n) is 6.43. The van der Waals surface area contributed by atoms with Crippen molar-refractivity contribution in [1.29, 1.82) is 0 Å². The Hall–Kier alpha value is -4.65. The molecule has 1 aromatic heterocycles. The number of piperidine rings is 1. The van der Waals surface area contributed by atoms with Crippen LogP contribution in [0.2, 0.25) is 0 Å². The third-order valence-electron chi connectivity index (χ3n) is 9.21. The van der Waals surface area contributed by atoms with E-state index < -0.39 is 42.5 Å². The van der Waals surface area contributed by atoms with Crippen molar-refractivity contribution in [3.05, 3.63) is 108 Å². The van der Waals surface area contributed by atoms with Gasteiger partial charge in [-0.1, -0.05) is 66.7 Å². The predicted octanol–water partition coefficient (Wildman–Crippen LogP) is 3.12. The first kappa shape index (κ1) is 38.2. The molecule has 11 nitrogen and oxygen atoms in total. The monoisotopic (exact) mass is 700 g/mol. The number of hydrogen-bond acceptors (Lipinski definition) is 6. The molecule has 2 heterocycles. The standard InChI is InChI=1S/C38H46N6O5.H2S/c39-20-10-9-17-32(41-37(48)34(25-45)43-35(46)28-13-5-2-6-14-28)36(47)42-33(23-29-24-40-31-16-8-7-15-30(29)31)38(49)44-21-18-27(19-22-44)26-11-3-1-4-12-26;/h1-8,11-16,24,27,32-34,40,45H,9-10,17-23,25,39H2,(H,41,48)(H,42,47)(H,43,46);1H2/t32-,33+,34-;/m1./s1. The lowest BCUT2D eigenvalue weighted by atomic mass is 9.89. The Balaban J connectivity index is 0.00000562. The summed E-state index contributed by atoms with van der Waals surface area (Å²) in [7, 11) is 0. The number of para-hydroxylation sites is 1. The van der Waals surface area contributed by atoms with Crippen molar-refractivity contribution in [2.75, 3.05) is 26.2 Å². The molecule has 1 fully saturated rings. The van der Waals surface area contributed by atoms with Gasteiger partial charge in [-0.25, -0.2) is 0 Å². The molecule has 12 heteroatoms. The van der Waals surface area contributed by atoms with Crippen molar-refractivity contribution in [1.82, 2.24) is 25.8 Å². The smallest absolute Gasteiger partial charge is 0.251 e. The number of hydrogen-bond donors (Lipinski definition) is 6. The number of unbranched alkanes of at least 4 members (excludes halogenated alkanes) is 1. The lowest BCUT2D eigenvalue weighted by Crippen LogP contribution is -2.58. The van der Waals surface area contributed by atoms with Crippen LogP contribution in [0.1, 0.15) is 59.5 Å². The van der Waals surface area contributed by atoms with Gasteiger partial charge < -0.3 is 36.7 Å². The molecular weight excluding hydrogens is 653 g/mol. The second-order valence-corrected chi connectivity index (χ2v) is 12.6. The minimum Gasteiger partial charge on any atom is -0.394 e. The summed E-state index contributed by atoms with van der Waals surface area (Å²) in [6, 6.07) is 23.2. The number of amides is 4. The number of aromatic nitrogens is 1. The number of aromatic amines is 1. The number of fused-ring (bicyclic) bond motifs is 1. The minimum atomic E-state index is -1.29. The topological polar surface area (TPSA) is 170 Å². The van der Waals surface area contributed by atoms with E-state index in [1.165, 1.54) is 5.56 Å². The fourth-order valence-corrected chi connectivity index (χ4v) is 6.43. The van der Waals surface area contributed by atoms with E-state index in [2.05, 4.69) is 33.1 Å². The summed E-state index contributed by atoms with van der Waals surface area (Å²) in [5.41, 5.74) is 9.13. The number of carbonyl (C=O) groups excluding carboxylic acids is 4. The molecule has 3 atom stereocenters. The van der Waals surface area contributed by atoms with Crippen molar-refractivity contribution in [3.63, 3.8) is 0 Å². The van der Waals surface area contributed by atoms with Gasteiger partial charge in [-0.05, 0) is 73.9 Å². The van der Waals surface area contributed by atoms with Gasteiger partial charge in [0.2, 0.25) is 17.7 Å². The second-order valence-electron chi connectivity index (χ2n) is 12.6. The largest absolute Gasteiger partial charge is 0.394 e. The van der Waals surface area contributed by atoms with Gasteiger partial charge in [-0.3, -0.25) is 19.2 Å². The van der Waals surface area contributed by atoms with Crippen molar-refractivity contribution in [2.24, 2.45) is 5.73 Å². The third-order valence-corrected chi connectivity index (χ3v) is 9.21. The second kappa shape index (κ2) is 18.9. The highest BCUT2D eigenvalue weighted by atomic mass is 32.1. The highest BCUT2D eigenvalue weighted by Crippen LogP contribution is 2.28. The van der Waals surface area contributed by atoms with E-state index in [4.69, 9.17) is 5.73 Å². The molecule has 1 aliphatic rings. The van der Waals surface area contributed by atoms with Crippen molar-refractivity contribution in [3.8, 4) is 0 Å². The summed E-state index contributed by atoms with van der Waals surface area (Å²) in [4.78, 5) is 59.3. The Kier molecular flexibility index (Phi) is 14.4. The number of rotatable bonds is 15. The van der Waals surface area contributed by atoms with Crippen LogP contribution in [-0.2, 0) is 20.8 Å². The Morgan fingerprint density at radius 1 is 0.800 bits per heavy atom. The molecule has 266 valence electrons. The van der Waals surface area contributed by atoms with Gasteiger partial charge in [0.05, 0.1) is 6.61 Å². The van der Waals surface area contributed by atoms with E-state index in [9.17, 15) is 24.3 Å². The summed E-state index contributed by atoms with van der Waals surface area (Å²) in [6.07, 6.45) is 5.18. The first-order valence-electron chi connectivity index (χ1n) is 17.0. The molecular formula is C38H48N6O5S. The zero-order valence-corrected chi connectivity index (χ0v) is 29.1. The van der Waals surface area contributed by atoms with Gasteiger partial charge >= 0.3 is 0 Å². The number of nitrogens with one attached hydrogen (secondary N) is 4. The lowest BCUT2D eigenvalue weighted by Gasteiger charge is -2.35. The maximum atomic E-state index is 14.2. The first-order valence-corrected chi connectivity index (χ1v) is 17.0. The quantitative estimate of drug-likeness (QED) is 0.104. The van der Waals surface area contributed by atoms with Crippen LogP contribution in [0, 0.1) is 0 Å². The van der Waals surface area contributed by atoms with Gasteiger partial charge in [0.25, 0.3) is 5.91 Å². The molecule has 4 aromatic rings. The molecule has 50 heavy (non-hydrogen) atoms. The Morgan fingerprint density at radius 3 is 2.10 bits per heavy atom. The summed E-state index contributed by atoms with van der Waals surface area (Å²) in [5, 5.41) is 19.2. The van der Waals surface area contributed by atoms with Crippen LogP contribution in [0.5, 0.6) is 0 Å². The number of benzene rings is 3. The number of aliphatic hydroxyl groups is 1. The van der Waals surface area contributed by atoms with E-state index in [0.29, 0.717) is 44.0 Å². The summed E-state index contributed by atoms with van der Waals surface area (Å²) >= 11 is 0. The molecule has 3 aromatic carbocycles. The minimum absolute atomic E-state index is 0. The van der Waals surface area contributed by atoms with Crippen LogP contribution in [0.15, 0.2) is 91.1 Å². The van der Waals surface area contributed by atoms with E-state index in [1.807, 2.05) is 53.6 Å². The van der Waals surface area contributed by atoms with Crippen LogP contribution in [0.25, 0.3) is 10.9 Å². The van der Waals surface area contributed by atoms with E-state index >= 15 is 0 Å². The Labute approximate surface area is 299 Å². The number of H-pyrrole nitrogens is 1. The molecule has 0 unspecified atom stereocenters. The summed E-state index contributed by atoms with van der Waals surface area (Å²) in [6.45, 7) is 0.876. The highest BCUT2D eigenvalue weighted by Gasteiger charge is 2.33. The SMILES string of the molecule is NCCCC[C@@H](NC(=O)[C@@H](CO)NC(=O)c1ccccc1)C(=O)N[C@@H](Cc1c[nH]c2ccccc12)C(=O)N1CCC(c2ccccc2)CC1.S. The number of carbonyl (C=O) groups is 4. The van der Waals surface area contributed by atoms with Crippen molar-refractivity contribution < 1.29 is 24.3 Å². The van der Waals surface area contributed by atoms with Crippen LogP contribution >= 0.6 is 13.5 Å². The number of nitrogens with two attached hydrogens (primary N) is 1. The molecule has 0 saturated carbocycles. The molecule has 0 aliphatic carbocycles. The molecule has 0 bridgehead atoms. The fraction of sp³-hybridized carbons (Fsp3) is 0.368. The number of aliphatic hydroxyl groups excluding tert-OH is 1. The maximum absolute atomic E-state index is 14.2. The van der Waals surface area contributed by atoms with Gasteiger partial charge in [-0.2, -0.15) is 13.5 Å². The van der Waals surface area contributed by atoms with Gasteiger partial charge in [0.1, 0.15) is 18.1 Å². The normalized spacial score (nSPS) is 15.0. The summed E-state index contributed by atoms with van der Waals surface area (Å²) in [5.74, 6) is -1.58. The molecule has 1 aliphatic heterocycles. The zero-order valence-electron chi connectivity index (χ0n) is 28.1. The lowest BCUT2D eigenvalue weighted by molar-refractivity contribution is -0.138. The van der Waals surface area contributed by atoms with Gasteiger partial charge in [-0.15, -0.1) is 0 Å². The highest BCUT2D eigenvalue weighted by molar-refractivity contribution is 7.59. The van der Waals surface area contributed by atoms with Crippen molar-refractivity contribution in [2.45, 2.75) is 62.6 Å². The number of nitrogens with zero attached hydrogens (tertiary/aromatic N) is 1. The van der Waals surface area contributed by atoms with Gasteiger partial charge in [0, 0.05) is 42.2 Å². The molecule has 5 rings (SSSR count). The Bertz CT molecular complexity index is 1690. The molecule has 0 radical (unpaired) electrons. The van der Waals surface area contributed by atoms with Crippen LogP contribution in [-0.4, -0.2) is 83.0 Å². The van der Waals surface area contributed by atoms with E-state index in [-0.39, 0.29) is 32.2 Å². The van der Waals surface area contributed by atoms with Gasteiger partial charge in [0.15, 0.2) is 0 Å². The Morgan fingerprint density at radius 2 is 1.42 bits per heavy atom.